The highest BCUT2D eigenvalue weighted by Gasteiger charge is 2.28. The number of anilines is 4. The van der Waals surface area contributed by atoms with Crippen LogP contribution >= 0.6 is 69.7 Å². The fourth-order valence-electron chi connectivity index (χ4n) is 8.34. The molecule has 0 bridgehead atoms. The molecule has 4 aromatic heterocycles. The smallest absolute Gasteiger partial charge is 0.307 e. The average molecular weight is 1120 g/mol. The molecule has 0 unspecified atom stereocenters. The topological polar surface area (TPSA) is 229 Å². The number of aryl methyl sites for hydroxylation is 3. The van der Waals surface area contributed by atoms with E-state index in [2.05, 4.69) is 64.5 Å². The Hall–Kier alpha value is -6.44. The highest BCUT2D eigenvalue weighted by molar-refractivity contribution is 8.01. The van der Waals surface area contributed by atoms with Gasteiger partial charge in [0.1, 0.15) is 0 Å². The third-order valence-electron chi connectivity index (χ3n) is 12.1. The molecule has 0 radical (unpaired) electrons. The summed E-state index contributed by atoms with van der Waals surface area (Å²) >= 11 is 8.87. The Labute approximate surface area is 458 Å². The first-order valence-electron chi connectivity index (χ1n) is 24.1. The van der Waals surface area contributed by atoms with E-state index in [1.165, 1.54) is 46.2 Å². The molecule has 18 nitrogen and oxygen atoms in total. The molecule has 2 fully saturated rings. The number of aromatic nitrogens is 10. The Morgan fingerprint density at radius 3 is 1.47 bits per heavy atom. The zero-order chi connectivity index (χ0) is 52.1. The number of carbonyl (C=O) groups is 4. The van der Waals surface area contributed by atoms with Crippen molar-refractivity contribution < 1.29 is 19.2 Å². The van der Waals surface area contributed by atoms with Gasteiger partial charge in [0.15, 0.2) is 21.8 Å². The first-order valence-corrected chi connectivity index (χ1v) is 29.4. The van der Waals surface area contributed by atoms with E-state index in [1.54, 1.807) is 65.2 Å². The van der Waals surface area contributed by atoms with Crippen molar-refractivity contribution in [1.82, 2.24) is 50.4 Å². The Morgan fingerprint density at radius 1 is 0.560 bits per heavy atom. The van der Waals surface area contributed by atoms with E-state index in [-0.39, 0.29) is 23.4 Å². The van der Waals surface area contributed by atoms with Crippen molar-refractivity contribution in [2.75, 3.05) is 21.3 Å². The van der Waals surface area contributed by atoms with Crippen LogP contribution in [0, 0.1) is 18.8 Å². The van der Waals surface area contributed by atoms with Gasteiger partial charge in [0, 0.05) is 58.4 Å². The summed E-state index contributed by atoms with van der Waals surface area (Å²) in [5, 5.41) is 37.0. The largest absolute Gasteiger partial charge is 0.325 e. The van der Waals surface area contributed by atoms with E-state index < -0.39 is 12.1 Å². The van der Waals surface area contributed by atoms with Gasteiger partial charge in [-0.05, 0) is 126 Å². The second-order valence-electron chi connectivity index (χ2n) is 17.5. The minimum absolute atomic E-state index is 0.0266. The van der Waals surface area contributed by atoms with E-state index in [0.29, 0.717) is 54.6 Å². The quantitative estimate of drug-likeness (QED) is 0.0462. The first-order chi connectivity index (χ1) is 36.5. The molecule has 386 valence electrons. The van der Waals surface area contributed by atoms with Crippen molar-refractivity contribution >= 4 is 115 Å². The predicted octanol–water partition coefficient (Wildman–Crippen LogP) is 12.6. The van der Waals surface area contributed by atoms with Crippen molar-refractivity contribution in [1.29, 1.82) is 0 Å². The minimum Gasteiger partial charge on any atom is -0.307 e. The van der Waals surface area contributed by atoms with Gasteiger partial charge in [-0.3, -0.25) is 20.2 Å². The van der Waals surface area contributed by atoms with Crippen LogP contribution < -0.4 is 21.3 Å². The molecule has 4 N–H and O–H groups in total. The summed E-state index contributed by atoms with van der Waals surface area (Å²) in [5.41, 5.74) is 4.79. The summed E-state index contributed by atoms with van der Waals surface area (Å²) in [5.74, 6) is 1.50. The Kier molecular flexibility index (Phi) is 18.4. The average Bonchev–Trinajstić information content (AvgIpc) is 4.31. The molecule has 75 heavy (non-hydrogen) atoms. The second kappa shape index (κ2) is 25.9. The van der Waals surface area contributed by atoms with Crippen LogP contribution in [0.2, 0.25) is 0 Å². The number of hydrogen-bond donors (Lipinski definition) is 4. The number of thioether (sulfide) groups is 2. The standard InChI is InChI=1S/C26H27N7O2S3.C25H25N7O2S3/c1-16-12-13-20(19(14-16)22(34)17-8-6-7-9-17)27-24(35)29-25-28-21(15-36-18-10-4-3-5-11-18)23(37-25)38-26-30-31-32-33(26)2;1-32-25(29-30-31-32)37-22-20(15-35-17-11-3-2-4-12-17)27-24(36-22)28-23(34)26-19-14-8-7-13-18(19)21(33)16-9-5-6-10-16/h3-5,10-14,17H,6-9,15H2,1-2H3,(H2,27,28,29,35);2-4,7-8,11-14,16H,5-6,9-10,15H2,1H3,(H2,26,27,28,34). The van der Waals surface area contributed by atoms with Crippen molar-refractivity contribution in [2.24, 2.45) is 25.9 Å². The number of ketones is 2. The number of carbonyl (C=O) groups excluding carboxylic acids is 4. The van der Waals surface area contributed by atoms with Gasteiger partial charge in [0.2, 0.25) is 10.3 Å². The lowest BCUT2D eigenvalue weighted by molar-refractivity contribution is 0.0916. The summed E-state index contributed by atoms with van der Waals surface area (Å²) in [6.07, 6.45) is 7.92. The van der Waals surface area contributed by atoms with Gasteiger partial charge in [-0.25, -0.2) is 28.9 Å². The molecule has 0 aliphatic heterocycles. The number of thiazole rings is 2. The predicted molar refractivity (Wildman–Crippen MR) is 298 cm³/mol. The minimum atomic E-state index is -0.445. The van der Waals surface area contributed by atoms with Crippen molar-refractivity contribution in [3.8, 4) is 0 Å². The van der Waals surface area contributed by atoms with Crippen LogP contribution in [0.25, 0.3) is 0 Å². The van der Waals surface area contributed by atoms with Crippen molar-refractivity contribution in [3.05, 3.63) is 131 Å². The number of Topliss-reactive ketones (excluding diaryl/α,β-unsaturated/α-hetero) is 2. The molecular weight excluding hydrogens is 1070 g/mol. The number of urea groups is 2. The zero-order valence-electron chi connectivity index (χ0n) is 41.1. The van der Waals surface area contributed by atoms with Crippen LogP contribution in [0.15, 0.2) is 132 Å². The summed E-state index contributed by atoms with van der Waals surface area (Å²) in [7, 11) is 3.55. The second-order valence-corrected chi connectivity index (χ2v) is 24.1. The van der Waals surface area contributed by atoms with Gasteiger partial charge in [-0.2, -0.15) is 0 Å². The van der Waals surface area contributed by atoms with Gasteiger partial charge >= 0.3 is 12.1 Å². The number of para-hydroxylation sites is 1. The lowest BCUT2D eigenvalue weighted by Gasteiger charge is -2.14. The number of benzene rings is 4. The van der Waals surface area contributed by atoms with Crippen LogP contribution in [0.4, 0.5) is 31.2 Å². The van der Waals surface area contributed by atoms with Crippen molar-refractivity contribution in [2.45, 2.75) is 98.3 Å². The molecule has 0 atom stereocenters. The van der Waals surface area contributed by atoms with E-state index in [0.717, 1.165) is 86.5 Å². The zero-order valence-corrected chi connectivity index (χ0v) is 46.0. The summed E-state index contributed by atoms with van der Waals surface area (Å²) in [6.45, 7) is 1.95. The Balaban J connectivity index is 0.000000184. The van der Waals surface area contributed by atoms with Crippen LogP contribution in [0.5, 0.6) is 0 Å². The highest BCUT2D eigenvalue weighted by Crippen LogP contribution is 2.41. The molecule has 2 saturated carbocycles. The molecule has 24 heteroatoms. The summed E-state index contributed by atoms with van der Waals surface area (Å²) in [6, 6.07) is 32.0. The van der Waals surface area contributed by atoms with Gasteiger partial charge in [0.05, 0.1) is 31.2 Å². The molecule has 4 heterocycles. The molecule has 8 aromatic rings. The first kappa shape index (κ1) is 53.4. The number of nitrogens with one attached hydrogen (secondary N) is 4. The lowest BCUT2D eigenvalue weighted by atomic mass is 9.94. The molecule has 2 aliphatic carbocycles. The van der Waals surface area contributed by atoms with Gasteiger partial charge in [-0.15, -0.1) is 33.7 Å². The van der Waals surface area contributed by atoms with Gasteiger partial charge in [0.25, 0.3) is 0 Å². The maximum absolute atomic E-state index is 13.2. The van der Waals surface area contributed by atoms with Gasteiger partial charge < -0.3 is 10.6 Å². The number of hydrogen-bond acceptors (Lipinski definition) is 18. The summed E-state index contributed by atoms with van der Waals surface area (Å²) < 4.78 is 4.98. The SMILES string of the molecule is Cc1ccc(NC(=O)Nc2nc(CSc3ccccc3)c(Sc3nnnn3C)s2)c(C(=O)C2CCCC2)c1.Cn1nnnc1Sc1sc(NC(=O)Nc2ccccc2C(=O)C2CCCC2)nc1CSc1ccccc1. The van der Waals surface area contributed by atoms with E-state index >= 15 is 0 Å². The van der Waals surface area contributed by atoms with Crippen molar-refractivity contribution in [3.63, 3.8) is 0 Å². The van der Waals surface area contributed by atoms with E-state index in [1.807, 2.05) is 79.7 Å². The maximum atomic E-state index is 13.2. The highest BCUT2D eigenvalue weighted by atomic mass is 32.2. The molecular formula is C51H52N14O4S6. The third kappa shape index (κ3) is 14.5. The number of tetrazole rings is 2. The summed E-state index contributed by atoms with van der Waals surface area (Å²) in [4.78, 5) is 63.8. The normalized spacial score (nSPS) is 13.5. The van der Waals surface area contributed by atoms with E-state index in [9.17, 15) is 19.2 Å². The fourth-order valence-corrected chi connectivity index (χ4v) is 14.4. The lowest BCUT2D eigenvalue weighted by Crippen LogP contribution is -2.22. The molecule has 4 aromatic carbocycles. The number of nitrogens with zero attached hydrogens (tertiary/aromatic N) is 10. The van der Waals surface area contributed by atoms with Crippen LogP contribution in [-0.4, -0.2) is 74.0 Å². The van der Waals surface area contributed by atoms with E-state index in [4.69, 9.17) is 9.97 Å². The number of rotatable bonds is 18. The maximum Gasteiger partial charge on any atom is 0.325 e. The third-order valence-corrected chi connectivity index (χ3v) is 18.7. The van der Waals surface area contributed by atoms with Crippen LogP contribution in [-0.2, 0) is 25.6 Å². The molecule has 10 rings (SSSR count). The van der Waals surface area contributed by atoms with Crippen LogP contribution in [0.1, 0.15) is 89.0 Å². The molecule has 0 saturated heterocycles. The molecule has 4 amide bonds. The molecule has 2 aliphatic rings. The Bertz CT molecular complexity index is 3240. The number of amides is 4. The fraction of sp³-hybridized carbons (Fsp3) is 0.294. The monoisotopic (exact) mass is 1120 g/mol. The van der Waals surface area contributed by atoms with Gasteiger partial charge in [-0.1, -0.05) is 109 Å². The Morgan fingerprint density at radius 2 is 1.00 bits per heavy atom. The van der Waals surface area contributed by atoms with Crippen LogP contribution in [0.3, 0.4) is 0 Å². The molecule has 0 spiro atoms.